The van der Waals surface area contributed by atoms with Crippen LogP contribution in [0.25, 0.3) is 10.8 Å². The molecule has 90 valence electrons. The fourth-order valence-electron chi connectivity index (χ4n) is 1.68. The molecule has 0 spiro atoms. The van der Waals surface area contributed by atoms with Gasteiger partial charge in [0.1, 0.15) is 5.54 Å². The first-order chi connectivity index (χ1) is 7.82. The Kier molecular flexibility index (Phi) is 2.62. The lowest BCUT2D eigenvalue weighted by Gasteiger charge is -2.28. The highest BCUT2D eigenvalue weighted by Gasteiger charge is 2.49. The second kappa shape index (κ2) is 3.74. The van der Waals surface area contributed by atoms with E-state index in [1.165, 1.54) is 12.1 Å². The Labute approximate surface area is 97.0 Å². The second-order valence-electron chi connectivity index (χ2n) is 4.26. The van der Waals surface area contributed by atoms with Crippen LogP contribution < -0.4 is 5.73 Å². The highest BCUT2D eigenvalue weighted by Crippen LogP contribution is 2.37. The number of rotatable bonds is 1. The molecule has 0 aliphatic heterocycles. The minimum absolute atomic E-state index is 0.0729. The molecule has 0 saturated heterocycles. The highest BCUT2D eigenvalue weighted by molar-refractivity contribution is 5.83. The molecule has 2 aromatic carbocycles. The standard InChI is InChI=1S/C13H12F3N/c1-12(17,13(14,15)16)11-7-6-9-4-2-3-5-10(9)8-11/h2-8H,17H2,1H3. The first kappa shape index (κ1) is 11.9. The topological polar surface area (TPSA) is 26.0 Å². The summed E-state index contributed by atoms with van der Waals surface area (Å²) < 4.78 is 38.4. The van der Waals surface area contributed by atoms with Crippen molar-refractivity contribution in [2.75, 3.05) is 0 Å². The summed E-state index contributed by atoms with van der Waals surface area (Å²) in [6.45, 7) is 0.983. The van der Waals surface area contributed by atoms with Gasteiger partial charge in [0.2, 0.25) is 0 Å². The van der Waals surface area contributed by atoms with Gasteiger partial charge in [0, 0.05) is 0 Å². The number of hydrogen-bond acceptors (Lipinski definition) is 1. The predicted octanol–water partition coefficient (Wildman–Crippen LogP) is 3.58. The van der Waals surface area contributed by atoms with Crippen molar-refractivity contribution < 1.29 is 13.2 Å². The summed E-state index contributed by atoms with van der Waals surface area (Å²) in [5, 5.41) is 1.65. The van der Waals surface area contributed by atoms with Crippen molar-refractivity contribution in [3.05, 3.63) is 48.0 Å². The molecule has 0 saturated carbocycles. The van der Waals surface area contributed by atoms with Crippen molar-refractivity contribution in [2.45, 2.75) is 18.6 Å². The van der Waals surface area contributed by atoms with Gasteiger partial charge in [-0.2, -0.15) is 13.2 Å². The molecule has 1 atom stereocenters. The molecule has 0 aliphatic carbocycles. The van der Waals surface area contributed by atoms with Crippen molar-refractivity contribution in [3.63, 3.8) is 0 Å². The number of hydrogen-bond donors (Lipinski definition) is 1. The number of benzene rings is 2. The van der Waals surface area contributed by atoms with Gasteiger partial charge < -0.3 is 5.73 Å². The number of fused-ring (bicyclic) bond motifs is 1. The zero-order chi connectivity index (χ0) is 12.7. The predicted molar refractivity (Wildman–Crippen MR) is 61.5 cm³/mol. The van der Waals surface area contributed by atoms with Gasteiger partial charge in [0.05, 0.1) is 0 Å². The quantitative estimate of drug-likeness (QED) is 0.808. The van der Waals surface area contributed by atoms with Gasteiger partial charge in [-0.1, -0.05) is 36.4 Å². The first-order valence-electron chi connectivity index (χ1n) is 5.17. The first-order valence-corrected chi connectivity index (χ1v) is 5.17. The fraction of sp³-hybridized carbons (Fsp3) is 0.231. The van der Waals surface area contributed by atoms with Gasteiger partial charge in [-0.05, 0) is 29.3 Å². The molecular weight excluding hydrogens is 227 g/mol. The number of alkyl halides is 3. The molecule has 0 radical (unpaired) electrons. The lowest BCUT2D eigenvalue weighted by atomic mass is 9.91. The van der Waals surface area contributed by atoms with E-state index in [0.29, 0.717) is 0 Å². The van der Waals surface area contributed by atoms with E-state index in [9.17, 15) is 13.2 Å². The Morgan fingerprint density at radius 2 is 1.53 bits per heavy atom. The summed E-state index contributed by atoms with van der Waals surface area (Å²) in [7, 11) is 0. The Morgan fingerprint density at radius 3 is 2.12 bits per heavy atom. The van der Waals surface area contributed by atoms with Crippen LogP contribution in [0.1, 0.15) is 12.5 Å². The third-order valence-electron chi connectivity index (χ3n) is 2.94. The molecule has 17 heavy (non-hydrogen) atoms. The third kappa shape index (κ3) is 2.00. The maximum absolute atomic E-state index is 12.8. The third-order valence-corrected chi connectivity index (χ3v) is 2.94. The summed E-state index contributed by atoms with van der Waals surface area (Å²) >= 11 is 0. The van der Waals surface area contributed by atoms with Crippen LogP contribution >= 0.6 is 0 Å². The zero-order valence-electron chi connectivity index (χ0n) is 9.25. The van der Waals surface area contributed by atoms with Gasteiger partial charge in [-0.25, -0.2) is 0 Å². The molecule has 0 amide bonds. The van der Waals surface area contributed by atoms with Crippen LogP contribution in [-0.2, 0) is 5.54 Å². The van der Waals surface area contributed by atoms with E-state index in [1.807, 2.05) is 12.1 Å². The lowest BCUT2D eigenvalue weighted by Crippen LogP contribution is -2.47. The molecule has 4 heteroatoms. The monoisotopic (exact) mass is 239 g/mol. The largest absolute Gasteiger partial charge is 0.410 e. The molecule has 2 rings (SSSR count). The van der Waals surface area contributed by atoms with Crippen molar-refractivity contribution in [1.82, 2.24) is 0 Å². The summed E-state index contributed by atoms with van der Waals surface area (Å²) in [4.78, 5) is 0. The van der Waals surface area contributed by atoms with Gasteiger partial charge in [-0.15, -0.1) is 0 Å². The van der Waals surface area contributed by atoms with Crippen LogP contribution in [0.3, 0.4) is 0 Å². The Bertz CT molecular complexity index is 544. The maximum atomic E-state index is 12.8. The van der Waals surface area contributed by atoms with E-state index in [0.717, 1.165) is 17.7 Å². The van der Waals surface area contributed by atoms with Crippen molar-refractivity contribution in [2.24, 2.45) is 5.73 Å². The van der Waals surface area contributed by atoms with Gasteiger partial charge in [0.15, 0.2) is 0 Å². The van der Waals surface area contributed by atoms with E-state index < -0.39 is 11.7 Å². The molecule has 1 nitrogen and oxygen atoms in total. The molecule has 1 unspecified atom stereocenters. The summed E-state index contributed by atoms with van der Waals surface area (Å²) in [6.07, 6.45) is -4.46. The molecular formula is C13H12F3N. The van der Waals surface area contributed by atoms with Gasteiger partial charge >= 0.3 is 6.18 Å². The van der Waals surface area contributed by atoms with E-state index in [4.69, 9.17) is 5.73 Å². The Hall–Kier alpha value is -1.55. The van der Waals surface area contributed by atoms with Crippen molar-refractivity contribution >= 4 is 10.8 Å². The summed E-state index contributed by atoms with van der Waals surface area (Å²) in [6, 6.07) is 11.8. The average molecular weight is 239 g/mol. The highest BCUT2D eigenvalue weighted by atomic mass is 19.4. The molecule has 0 aromatic heterocycles. The molecule has 0 bridgehead atoms. The van der Waals surface area contributed by atoms with Gasteiger partial charge in [0.25, 0.3) is 0 Å². The van der Waals surface area contributed by atoms with Crippen molar-refractivity contribution in [3.8, 4) is 0 Å². The van der Waals surface area contributed by atoms with Crippen LogP contribution in [0.4, 0.5) is 13.2 Å². The van der Waals surface area contributed by atoms with E-state index in [2.05, 4.69) is 0 Å². The van der Waals surface area contributed by atoms with E-state index >= 15 is 0 Å². The van der Waals surface area contributed by atoms with Crippen LogP contribution in [-0.4, -0.2) is 6.18 Å². The molecule has 2 N–H and O–H groups in total. The van der Waals surface area contributed by atoms with Gasteiger partial charge in [-0.3, -0.25) is 0 Å². The van der Waals surface area contributed by atoms with Crippen molar-refractivity contribution in [1.29, 1.82) is 0 Å². The Balaban J connectivity index is 2.57. The summed E-state index contributed by atoms with van der Waals surface area (Å²) in [5.74, 6) is 0. The average Bonchev–Trinajstić information content (AvgIpc) is 2.27. The number of halogens is 3. The molecule has 2 aromatic rings. The zero-order valence-corrected chi connectivity index (χ0v) is 9.25. The van der Waals surface area contributed by atoms with Crippen LogP contribution in [0.15, 0.2) is 42.5 Å². The normalized spacial score (nSPS) is 15.8. The summed E-state index contributed by atoms with van der Waals surface area (Å²) in [5.41, 5.74) is 3.13. The smallest absolute Gasteiger partial charge is 0.314 e. The number of nitrogens with two attached hydrogens (primary N) is 1. The Morgan fingerprint density at radius 1 is 0.941 bits per heavy atom. The van der Waals surface area contributed by atoms with E-state index in [1.54, 1.807) is 18.2 Å². The fourth-order valence-corrected chi connectivity index (χ4v) is 1.68. The minimum Gasteiger partial charge on any atom is -0.314 e. The van der Waals surface area contributed by atoms with Crippen LogP contribution in [0.2, 0.25) is 0 Å². The molecule has 0 heterocycles. The lowest BCUT2D eigenvalue weighted by molar-refractivity contribution is -0.184. The van der Waals surface area contributed by atoms with Crippen LogP contribution in [0, 0.1) is 0 Å². The van der Waals surface area contributed by atoms with E-state index in [-0.39, 0.29) is 5.56 Å². The molecule has 0 aliphatic rings. The molecule has 0 fully saturated rings. The second-order valence-corrected chi connectivity index (χ2v) is 4.26. The SMILES string of the molecule is CC(N)(c1ccc2ccccc2c1)C(F)(F)F. The van der Waals surface area contributed by atoms with Crippen LogP contribution in [0.5, 0.6) is 0 Å². The maximum Gasteiger partial charge on any atom is 0.410 e. The minimum atomic E-state index is -4.46.